The molecular weight excluding hydrogens is 212 g/mol. The molecule has 1 aromatic carbocycles. The van der Waals surface area contributed by atoms with E-state index in [-0.39, 0.29) is 0 Å². The van der Waals surface area contributed by atoms with Crippen LogP contribution in [0.2, 0.25) is 0 Å². The van der Waals surface area contributed by atoms with E-state index in [1.165, 1.54) is 11.3 Å². The molecule has 0 spiro atoms. The highest BCUT2D eigenvalue weighted by molar-refractivity contribution is 5.58. The Kier molecular flexibility index (Phi) is 4.02. The van der Waals surface area contributed by atoms with Gasteiger partial charge in [-0.25, -0.2) is 0 Å². The molecule has 1 aliphatic heterocycles. The average molecular weight is 234 g/mol. The van der Waals surface area contributed by atoms with Crippen molar-refractivity contribution in [3.8, 4) is 0 Å². The van der Waals surface area contributed by atoms with Crippen LogP contribution in [0, 0.1) is 5.92 Å². The second-order valence-corrected chi connectivity index (χ2v) is 4.81. The normalized spacial score (nSPS) is 17.9. The highest BCUT2D eigenvalue weighted by atomic mass is 16.5. The van der Waals surface area contributed by atoms with E-state index in [2.05, 4.69) is 36.1 Å². The van der Waals surface area contributed by atoms with E-state index in [0.717, 1.165) is 19.6 Å². The van der Waals surface area contributed by atoms with Crippen LogP contribution in [0.3, 0.4) is 0 Å². The third-order valence-electron chi connectivity index (χ3n) is 3.65. The molecule has 2 N–H and O–H groups in total. The molecule has 1 aromatic rings. The Labute approximate surface area is 104 Å². The molecule has 2 rings (SSSR count). The van der Waals surface area contributed by atoms with Crippen molar-refractivity contribution in [3.63, 3.8) is 0 Å². The van der Waals surface area contributed by atoms with Crippen molar-refractivity contribution in [2.24, 2.45) is 11.7 Å². The third kappa shape index (κ3) is 2.45. The number of rotatable bonds is 5. The fourth-order valence-electron chi connectivity index (χ4n) is 2.75. The highest BCUT2D eigenvalue weighted by Crippen LogP contribution is 2.30. The second-order valence-electron chi connectivity index (χ2n) is 4.81. The molecule has 0 bridgehead atoms. The molecule has 0 aromatic heterocycles. The summed E-state index contributed by atoms with van der Waals surface area (Å²) in [4.78, 5) is 2.44. The van der Waals surface area contributed by atoms with Gasteiger partial charge >= 0.3 is 0 Å². The monoisotopic (exact) mass is 234 g/mol. The maximum Gasteiger partial charge on any atom is 0.0507 e. The van der Waals surface area contributed by atoms with Crippen molar-refractivity contribution in [1.29, 1.82) is 0 Å². The fraction of sp³-hybridized carbons (Fsp3) is 0.571. The minimum absolute atomic E-state index is 0.374. The molecule has 17 heavy (non-hydrogen) atoms. The Hall–Kier alpha value is -1.06. The van der Waals surface area contributed by atoms with Crippen molar-refractivity contribution in [1.82, 2.24) is 0 Å². The van der Waals surface area contributed by atoms with Crippen molar-refractivity contribution < 1.29 is 4.74 Å². The average Bonchev–Trinajstić information content (AvgIpc) is 2.75. The van der Waals surface area contributed by atoms with E-state index < -0.39 is 0 Å². The van der Waals surface area contributed by atoms with Gasteiger partial charge in [0.05, 0.1) is 6.61 Å². The molecule has 0 saturated carbocycles. The van der Waals surface area contributed by atoms with Crippen LogP contribution < -0.4 is 10.6 Å². The Morgan fingerprint density at radius 2 is 2.18 bits per heavy atom. The first-order valence-corrected chi connectivity index (χ1v) is 6.31. The predicted octanol–water partition coefficient (Wildman–Crippen LogP) is 1.66. The van der Waals surface area contributed by atoms with Gasteiger partial charge < -0.3 is 15.4 Å². The Balaban J connectivity index is 2.17. The number of methoxy groups -OCH3 is 1. The van der Waals surface area contributed by atoms with Crippen LogP contribution in [0.1, 0.15) is 12.5 Å². The molecule has 1 aliphatic rings. The standard InChI is InChI=1S/C14H22N2O/c1-11(10-17-2)14(9-15)16-8-7-12-5-3-4-6-13(12)16/h3-6,11,14H,7-10,15H2,1-2H3. The first kappa shape index (κ1) is 12.4. The largest absolute Gasteiger partial charge is 0.384 e. The number of benzene rings is 1. The molecule has 94 valence electrons. The van der Waals surface area contributed by atoms with E-state index in [1.807, 2.05) is 0 Å². The van der Waals surface area contributed by atoms with Crippen LogP contribution in [0.15, 0.2) is 24.3 Å². The van der Waals surface area contributed by atoms with E-state index in [9.17, 15) is 0 Å². The van der Waals surface area contributed by atoms with E-state index in [1.54, 1.807) is 7.11 Å². The SMILES string of the molecule is COCC(C)C(CN)N1CCc2ccccc21. The van der Waals surface area contributed by atoms with Gasteiger partial charge in [0.25, 0.3) is 0 Å². The number of nitrogens with zero attached hydrogens (tertiary/aromatic N) is 1. The molecule has 0 saturated heterocycles. The highest BCUT2D eigenvalue weighted by Gasteiger charge is 2.28. The topological polar surface area (TPSA) is 38.5 Å². The van der Waals surface area contributed by atoms with E-state index >= 15 is 0 Å². The lowest BCUT2D eigenvalue weighted by atomic mass is 10.0. The van der Waals surface area contributed by atoms with Crippen molar-refractivity contribution >= 4 is 5.69 Å². The molecule has 3 heteroatoms. The Bertz CT molecular complexity index is 367. The number of anilines is 1. The van der Waals surface area contributed by atoms with Gasteiger partial charge in [-0.3, -0.25) is 0 Å². The van der Waals surface area contributed by atoms with Gasteiger partial charge in [-0.05, 0) is 18.1 Å². The molecule has 0 aliphatic carbocycles. The van der Waals surface area contributed by atoms with Crippen molar-refractivity contribution in [2.75, 3.05) is 31.7 Å². The van der Waals surface area contributed by atoms with Gasteiger partial charge in [-0.2, -0.15) is 0 Å². The van der Waals surface area contributed by atoms with Crippen molar-refractivity contribution in [3.05, 3.63) is 29.8 Å². The number of nitrogens with two attached hydrogens (primary N) is 1. The zero-order valence-corrected chi connectivity index (χ0v) is 10.7. The van der Waals surface area contributed by atoms with Crippen LogP contribution >= 0.6 is 0 Å². The van der Waals surface area contributed by atoms with Gasteiger partial charge in [0, 0.05) is 37.8 Å². The lowest BCUT2D eigenvalue weighted by Gasteiger charge is -2.33. The third-order valence-corrected chi connectivity index (χ3v) is 3.65. The molecule has 2 atom stereocenters. The summed E-state index contributed by atoms with van der Waals surface area (Å²) < 4.78 is 5.25. The number of hydrogen-bond acceptors (Lipinski definition) is 3. The number of fused-ring (bicyclic) bond motifs is 1. The van der Waals surface area contributed by atoms with Crippen molar-refractivity contribution in [2.45, 2.75) is 19.4 Å². The summed E-state index contributed by atoms with van der Waals surface area (Å²) in [5.41, 5.74) is 8.74. The minimum Gasteiger partial charge on any atom is -0.384 e. The van der Waals surface area contributed by atoms with Gasteiger partial charge in [0.1, 0.15) is 0 Å². The summed E-state index contributed by atoms with van der Waals surface area (Å²) in [5, 5.41) is 0. The van der Waals surface area contributed by atoms with Gasteiger partial charge in [0.2, 0.25) is 0 Å². The molecular formula is C14H22N2O. The number of ether oxygens (including phenoxy) is 1. The molecule has 3 nitrogen and oxygen atoms in total. The summed E-state index contributed by atoms with van der Waals surface area (Å²) in [6.07, 6.45) is 1.13. The van der Waals surface area contributed by atoms with E-state index in [4.69, 9.17) is 10.5 Å². The molecule has 0 fully saturated rings. The molecule has 0 radical (unpaired) electrons. The zero-order chi connectivity index (χ0) is 12.3. The van der Waals surface area contributed by atoms with Gasteiger partial charge in [-0.1, -0.05) is 25.1 Å². The molecule has 0 amide bonds. The smallest absolute Gasteiger partial charge is 0.0507 e. The maximum absolute atomic E-state index is 5.94. The first-order valence-electron chi connectivity index (χ1n) is 6.31. The van der Waals surface area contributed by atoms with Crippen LogP contribution in [-0.4, -0.2) is 32.8 Å². The van der Waals surface area contributed by atoms with Gasteiger partial charge in [-0.15, -0.1) is 0 Å². The Morgan fingerprint density at radius 3 is 2.88 bits per heavy atom. The molecule has 1 heterocycles. The summed E-state index contributed by atoms with van der Waals surface area (Å²) in [6.45, 7) is 4.73. The van der Waals surface area contributed by atoms with Crippen LogP contribution in [0.25, 0.3) is 0 Å². The second kappa shape index (κ2) is 5.52. The number of para-hydroxylation sites is 1. The molecule has 2 unspecified atom stereocenters. The van der Waals surface area contributed by atoms with Crippen LogP contribution in [-0.2, 0) is 11.2 Å². The summed E-state index contributed by atoms with van der Waals surface area (Å²) in [7, 11) is 1.75. The van der Waals surface area contributed by atoms with Crippen LogP contribution in [0.5, 0.6) is 0 Å². The quantitative estimate of drug-likeness (QED) is 0.842. The fourth-order valence-corrected chi connectivity index (χ4v) is 2.75. The summed E-state index contributed by atoms with van der Waals surface area (Å²) >= 11 is 0. The minimum atomic E-state index is 0.374. The van der Waals surface area contributed by atoms with Gasteiger partial charge in [0.15, 0.2) is 0 Å². The lowest BCUT2D eigenvalue weighted by Crippen LogP contribution is -2.45. The maximum atomic E-state index is 5.94. The first-order chi connectivity index (χ1) is 8.27. The van der Waals surface area contributed by atoms with E-state index in [0.29, 0.717) is 18.5 Å². The zero-order valence-electron chi connectivity index (χ0n) is 10.7. The summed E-state index contributed by atoms with van der Waals surface area (Å²) in [5.74, 6) is 0.455. The lowest BCUT2D eigenvalue weighted by molar-refractivity contribution is 0.147. The summed E-state index contributed by atoms with van der Waals surface area (Å²) in [6, 6.07) is 9.00. The predicted molar refractivity (Wildman–Crippen MR) is 71.4 cm³/mol. The Morgan fingerprint density at radius 1 is 1.41 bits per heavy atom. The number of hydrogen-bond donors (Lipinski definition) is 1. The van der Waals surface area contributed by atoms with Crippen LogP contribution in [0.4, 0.5) is 5.69 Å².